The Kier molecular flexibility index (Phi) is 7.41. The van der Waals surface area contributed by atoms with Crippen LogP contribution in [0.1, 0.15) is 51.5 Å². The Hall–Kier alpha value is -2.64. The minimum absolute atomic E-state index is 0.120. The molecule has 3 rings (SSSR count). The summed E-state index contributed by atoms with van der Waals surface area (Å²) in [5, 5.41) is 3.03. The van der Waals surface area contributed by atoms with Gasteiger partial charge in [-0.1, -0.05) is 0 Å². The Labute approximate surface area is 191 Å². The van der Waals surface area contributed by atoms with Crippen molar-refractivity contribution < 1.29 is 23.8 Å². The lowest BCUT2D eigenvalue weighted by Gasteiger charge is -2.31. The van der Waals surface area contributed by atoms with Gasteiger partial charge in [0.05, 0.1) is 27.2 Å². The zero-order valence-electron chi connectivity index (χ0n) is 20.2. The van der Waals surface area contributed by atoms with Gasteiger partial charge in [-0.05, 0) is 57.7 Å². The Morgan fingerprint density at radius 1 is 0.906 bits per heavy atom. The molecule has 1 N–H and O–H groups in total. The monoisotopic (exact) mass is 447 g/mol. The van der Waals surface area contributed by atoms with Gasteiger partial charge < -0.3 is 29.3 Å². The maximum atomic E-state index is 13.5. The third kappa shape index (κ3) is 5.22. The molecule has 0 spiro atoms. The number of amides is 3. The molecular weight excluding hydrogens is 410 g/mol. The van der Waals surface area contributed by atoms with Crippen LogP contribution in [-0.4, -0.2) is 74.8 Å². The SMILES string of the molecule is COc1cc([C@@H]2CN(C(=O)NC(C)(C)C)C[C@H]2C(=O)N2CCCCC2)cc(OC)c1OC. The Balaban J connectivity index is 1.95. The van der Waals surface area contributed by atoms with Gasteiger partial charge in [0.15, 0.2) is 11.5 Å². The van der Waals surface area contributed by atoms with E-state index in [0.29, 0.717) is 30.3 Å². The van der Waals surface area contributed by atoms with Crippen LogP contribution in [0, 0.1) is 5.92 Å². The maximum Gasteiger partial charge on any atom is 0.317 e. The van der Waals surface area contributed by atoms with Crippen molar-refractivity contribution in [1.29, 1.82) is 0 Å². The summed E-state index contributed by atoms with van der Waals surface area (Å²) < 4.78 is 16.5. The van der Waals surface area contributed by atoms with Crippen LogP contribution >= 0.6 is 0 Å². The number of urea groups is 1. The third-order valence-corrected chi connectivity index (χ3v) is 6.19. The molecule has 178 valence electrons. The Bertz CT molecular complexity index is 804. The van der Waals surface area contributed by atoms with Crippen molar-refractivity contribution in [3.63, 3.8) is 0 Å². The maximum absolute atomic E-state index is 13.5. The number of rotatable bonds is 5. The number of likely N-dealkylation sites (tertiary alicyclic amines) is 2. The summed E-state index contributed by atoms with van der Waals surface area (Å²) in [6, 6.07) is 3.64. The van der Waals surface area contributed by atoms with E-state index in [4.69, 9.17) is 14.2 Å². The van der Waals surface area contributed by atoms with Gasteiger partial charge in [-0.3, -0.25) is 4.79 Å². The molecule has 3 amide bonds. The molecule has 0 unspecified atom stereocenters. The first-order valence-electron chi connectivity index (χ1n) is 11.3. The average molecular weight is 448 g/mol. The molecule has 2 heterocycles. The van der Waals surface area contributed by atoms with Crippen molar-refractivity contribution in [2.24, 2.45) is 5.92 Å². The molecule has 1 aromatic rings. The number of ether oxygens (including phenoxy) is 3. The zero-order valence-corrected chi connectivity index (χ0v) is 20.2. The smallest absolute Gasteiger partial charge is 0.317 e. The summed E-state index contributed by atoms with van der Waals surface area (Å²) in [6.07, 6.45) is 3.22. The van der Waals surface area contributed by atoms with E-state index in [1.165, 1.54) is 0 Å². The van der Waals surface area contributed by atoms with Crippen LogP contribution in [0.3, 0.4) is 0 Å². The first kappa shape index (κ1) is 24.0. The van der Waals surface area contributed by atoms with E-state index in [1.54, 1.807) is 26.2 Å². The van der Waals surface area contributed by atoms with E-state index in [2.05, 4.69) is 5.32 Å². The standard InChI is InChI=1S/C24H37N3O5/c1-24(2,3)25-23(29)27-14-17(18(15-27)22(28)26-10-8-7-9-11-26)16-12-19(30-4)21(32-6)20(13-16)31-5/h12-13,17-18H,7-11,14-15H2,1-6H3,(H,25,29)/t17-,18+/m0/s1. The number of nitrogens with one attached hydrogen (secondary N) is 1. The van der Waals surface area contributed by atoms with E-state index in [9.17, 15) is 9.59 Å². The molecule has 0 radical (unpaired) electrons. The van der Waals surface area contributed by atoms with Crippen molar-refractivity contribution in [1.82, 2.24) is 15.1 Å². The number of piperidine rings is 1. The largest absolute Gasteiger partial charge is 0.493 e. The number of carbonyl (C=O) groups is 2. The van der Waals surface area contributed by atoms with Gasteiger partial charge in [-0.15, -0.1) is 0 Å². The van der Waals surface area contributed by atoms with Gasteiger partial charge in [-0.25, -0.2) is 4.79 Å². The Morgan fingerprint density at radius 3 is 2.00 bits per heavy atom. The zero-order chi connectivity index (χ0) is 23.5. The molecule has 2 aliphatic rings. The molecule has 2 fully saturated rings. The van der Waals surface area contributed by atoms with Crippen molar-refractivity contribution in [2.75, 3.05) is 47.5 Å². The fraction of sp³-hybridized carbons (Fsp3) is 0.667. The number of benzene rings is 1. The van der Waals surface area contributed by atoms with Crippen LogP contribution in [0.25, 0.3) is 0 Å². The highest BCUT2D eigenvalue weighted by Gasteiger charge is 2.43. The van der Waals surface area contributed by atoms with E-state index in [-0.39, 0.29) is 29.3 Å². The van der Waals surface area contributed by atoms with Gasteiger partial charge in [-0.2, -0.15) is 0 Å². The van der Waals surface area contributed by atoms with Gasteiger partial charge >= 0.3 is 6.03 Å². The molecule has 32 heavy (non-hydrogen) atoms. The van der Waals surface area contributed by atoms with E-state index >= 15 is 0 Å². The summed E-state index contributed by atoms with van der Waals surface area (Å²) in [4.78, 5) is 30.2. The third-order valence-electron chi connectivity index (χ3n) is 6.19. The molecule has 0 aromatic heterocycles. The van der Waals surface area contributed by atoms with E-state index < -0.39 is 0 Å². The van der Waals surface area contributed by atoms with Crippen molar-refractivity contribution in [3.8, 4) is 17.2 Å². The molecule has 2 aliphatic heterocycles. The summed E-state index contributed by atoms with van der Waals surface area (Å²) in [5.74, 6) is 1.24. The number of hydrogen-bond donors (Lipinski definition) is 1. The van der Waals surface area contributed by atoms with Crippen molar-refractivity contribution >= 4 is 11.9 Å². The van der Waals surface area contributed by atoms with Crippen LogP contribution in [0.4, 0.5) is 4.79 Å². The van der Waals surface area contributed by atoms with Gasteiger partial charge in [0, 0.05) is 37.6 Å². The van der Waals surface area contributed by atoms with Gasteiger partial charge in [0.25, 0.3) is 0 Å². The number of nitrogens with zero attached hydrogens (tertiary/aromatic N) is 2. The molecular formula is C24H37N3O5. The second-order valence-electron chi connectivity index (χ2n) is 9.64. The minimum atomic E-state index is -0.353. The summed E-state index contributed by atoms with van der Waals surface area (Å²) in [5.41, 5.74) is 0.551. The first-order chi connectivity index (χ1) is 15.2. The lowest BCUT2D eigenvalue weighted by atomic mass is 9.87. The van der Waals surface area contributed by atoms with Crippen LogP contribution < -0.4 is 19.5 Å². The predicted molar refractivity (Wildman–Crippen MR) is 123 cm³/mol. The van der Waals surface area contributed by atoms with Crippen molar-refractivity contribution in [3.05, 3.63) is 17.7 Å². The van der Waals surface area contributed by atoms with Crippen LogP contribution in [0.2, 0.25) is 0 Å². The lowest BCUT2D eigenvalue weighted by molar-refractivity contribution is -0.136. The molecule has 2 atom stereocenters. The fourth-order valence-electron chi connectivity index (χ4n) is 4.62. The average Bonchev–Trinajstić information content (AvgIpc) is 3.22. The van der Waals surface area contributed by atoms with E-state index in [1.807, 2.05) is 37.8 Å². The summed E-state index contributed by atoms with van der Waals surface area (Å²) >= 11 is 0. The second-order valence-corrected chi connectivity index (χ2v) is 9.64. The number of methoxy groups -OCH3 is 3. The molecule has 8 nitrogen and oxygen atoms in total. The molecule has 0 aliphatic carbocycles. The predicted octanol–water partition coefficient (Wildman–Crippen LogP) is 3.25. The van der Waals surface area contributed by atoms with Gasteiger partial charge in [0.1, 0.15) is 0 Å². The van der Waals surface area contributed by atoms with Crippen LogP contribution in [-0.2, 0) is 4.79 Å². The molecule has 2 saturated heterocycles. The summed E-state index contributed by atoms with van der Waals surface area (Å²) in [6.45, 7) is 8.26. The molecule has 0 bridgehead atoms. The fourth-order valence-corrected chi connectivity index (χ4v) is 4.62. The Morgan fingerprint density at radius 2 is 1.50 bits per heavy atom. The lowest BCUT2D eigenvalue weighted by Crippen LogP contribution is -2.48. The minimum Gasteiger partial charge on any atom is -0.493 e. The van der Waals surface area contributed by atoms with Gasteiger partial charge in [0.2, 0.25) is 11.7 Å². The van der Waals surface area contributed by atoms with Crippen LogP contribution in [0.15, 0.2) is 12.1 Å². The first-order valence-corrected chi connectivity index (χ1v) is 11.3. The summed E-state index contributed by atoms with van der Waals surface area (Å²) in [7, 11) is 4.72. The molecule has 1 aromatic carbocycles. The highest BCUT2D eigenvalue weighted by molar-refractivity contribution is 5.83. The van der Waals surface area contributed by atoms with E-state index in [0.717, 1.165) is 37.9 Å². The topological polar surface area (TPSA) is 80.3 Å². The number of hydrogen-bond acceptors (Lipinski definition) is 5. The van der Waals surface area contributed by atoms with Crippen molar-refractivity contribution in [2.45, 2.75) is 51.5 Å². The number of carbonyl (C=O) groups excluding carboxylic acids is 2. The highest BCUT2D eigenvalue weighted by atomic mass is 16.5. The normalized spacial score (nSPS) is 21.3. The van der Waals surface area contributed by atoms with Crippen LogP contribution in [0.5, 0.6) is 17.2 Å². The quantitative estimate of drug-likeness (QED) is 0.750. The highest BCUT2D eigenvalue weighted by Crippen LogP contribution is 2.43. The molecule has 0 saturated carbocycles. The molecule has 8 heteroatoms. The second kappa shape index (κ2) is 9.88.